The van der Waals surface area contributed by atoms with Crippen LogP contribution in [-0.4, -0.2) is 130 Å². The fourth-order valence-corrected chi connectivity index (χ4v) is 8.95. The summed E-state index contributed by atoms with van der Waals surface area (Å²) in [7, 11) is 0. The number of rotatable bonds is 30. The molecular weight excluding hydrogens is 869 g/mol. The summed E-state index contributed by atoms with van der Waals surface area (Å²) < 4.78 is 0. The van der Waals surface area contributed by atoms with E-state index >= 15 is 0 Å². The number of nitrogens with one attached hydrogen (secondary N) is 9. The summed E-state index contributed by atoms with van der Waals surface area (Å²) in [6.45, 7) is 2.75. The Hall–Kier alpha value is -5.97. The zero-order chi connectivity index (χ0) is 47.9. The number of benzene rings is 1. The van der Waals surface area contributed by atoms with E-state index in [9.17, 15) is 53.1 Å². The molecule has 0 saturated carbocycles. The van der Waals surface area contributed by atoms with Crippen molar-refractivity contribution in [3.05, 3.63) is 35.9 Å². The summed E-state index contributed by atoms with van der Waals surface area (Å²) in [6, 6.07) is 4.91. The Balaban J connectivity index is 1.43. The summed E-state index contributed by atoms with van der Waals surface area (Å²) in [5, 5.41) is 39.6. The Morgan fingerprint density at radius 1 is 0.754 bits per heavy atom. The second-order valence-corrected chi connectivity index (χ2v) is 17.8. The van der Waals surface area contributed by atoms with E-state index in [4.69, 9.17) is 10.9 Å². The van der Waals surface area contributed by atoms with E-state index in [1.165, 1.54) is 5.48 Å². The van der Waals surface area contributed by atoms with Crippen LogP contribution in [0.5, 0.6) is 0 Å². The number of nitrogens with two attached hydrogens (primary N) is 1. The van der Waals surface area contributed by atoms with Crippen LogP contribution in [0.15, 0.2) is 30.3 Å². The monoisotopic (exact) mass is 932 g/mol. The Morgan fingerprint density at radius 2 is 1.46 bits per heavy atom. The molecule has 65 heavy (non-hydrogen) atoms. The van der Waals surface area contributed by atoms with Gasteiger partial charge in [0, 0.05) is 49.1 Å². The Kier molecular flexibility index (Phi) is 23.0. The van der Waals surface area contributed by atoms with Gasteiger partial charge in [0.05, 0.1) is 25.2 Å². The highest BCUT2D eigenvalue weighted by Gasteiger charge is 2.42. The number of hydrogen-bond acceptors (Lipinski definition) is 12. The van der Waals surface area contributed by atoms with Crippen molar-refractivity contribution in [1.82, 2.24) is 48.0 Å². The van der Waals surface area contributed by atoms with Gasteiger partial charge < -0.3 is 53.4 Å². The minimum atomic E-state index is -1.47. The molecule has 0 spiro atoms. The highest BCUT2D eigenvalue weighted by Crippen LogP contribution is 2.33. The van der Waals surface area contributed by atoms with Crippen molar-refractivity contribution < 1.29 is 58.3 Å². The van der Waals surface area contributed by atoms with Crippen molar-refractivity contribution in [3.63, 3.8) is 0 Å². The standard InChI is InChI=1S/C42H64N10O12S/c1-24(2)18-26(20-33(54)52-64)39(60)49-29(19-25-10-4-3-5-11-25)41(62)48-28(15-16-36(57)58)40(61)46-21-34(55)45-22-35(56)47-27(38(43)59)12-8-9-17-44-32(53)14-7-6-13-31-37-30(23-65-31)50-42(63)51-37/h3-5,10-11,24,26-31,37,64H,6-9,12-23H2,1-2H3,(H2,43,59)(H,44,53)(H,45,55)(H,46,61)(H,47,56)(H,48,62)(H,49,60)(H,52,54)(H,57,58)(H2,50,51,63)/t26?,27-,28-,29-,30-,31-,37-/m0/s1. The first-order valence-corrected chi connectivity index (χ1v) is 22.9. The number of hydroxylamine groups is 1. The third-order valence-corrected chi connectivity index (χ3v) is 12.3. The molecule has 13 N–H and O–H groups in total. The Morgan fingerprint density at radius 3 is 2.14 bits per heavy atom. The lowest BCUT2D eigenvalue weighted by Gasteiger charge is -2.25. The highest BCUT2D eigenvalue weighted by molar-refractivity contribution is 8.00. The van der Waals surface area contributed by atoms with Gasteiger partial charge in [-0.15, -0.1) is 0 Å². The van der Waals surface area contributed by atoms with Crippen LogP contribution in [0.1, 0.15) is 90.0 Å². The van der Waals surface area contributed by atoms with Crippen LogP contribution in [0.25, 0.3) is 0 Å². The van der Waals surface area contributed by atoms with Crippen molar-refractivity contribution in [3.8, 4) is 0 Å². The van der Waals surface area contributed by atoms with E-state index in [0.717, 1.165) is 18.6 Å². The lowest BCUT2D eigenvalue weighted by atomic mass is 9.92. The second kappa shape index (κ2) is 28.0. The second-order valence-electron chi connectivity index (χ2n) is 16.5. The Labute approximate surface area is 381 Å². The van der Waals surface area contributed by atoms with Crippen LogP contribution in [-0.2, 0) is 49.6 Å². The average Bonchev–Trinajstić information content (AvgIpc) is 3.82. The first-order chi connectivity index (χ1) is 30.9. The van der Waals surface area contributed by atoms with Crippen molar-refractivity contribution in [2.75, 3.05) is 25.4 Å². The smallest absolute Gasteiger partial charge is 0.315 e. The molecule has 2 heterocycles. The number of carboxylic acids is 1. The number of aliphatic carboxylic acids is 1. The first-order valence-electron chi connectivity index (χ1n) is 21.8. The number of hydrogen-bond donors (Lipinski definition) is 12. The van der Waals surface area contributed by atoms with E-state index in [1.54, 1.807) is 30.3 Å². The molecule has 3 rings (SSSR count). The number of primary amides is 1. The molecular formula is C42H64N10O12S. The summed E-state index contributed by atoms with van der Waals surface area (Å²) in [4.78, 5) is 125. The number of urea groups is 1. The lowest BCUT2D eigenvalue weighted by Crippen LogP contribution is -2.56. The van der Waals surface area contributed by atoms with Gasteiger partial charge >= 0.3 is 12.0 Å². The predicted molar refractivity (Wildman–Crippen MR) is 236 cm³/mol. The molecule has 2 aliphatic rings. The molecule has 22 nitrogen and oxygen atoms in total. The topological polar surface area (TPSA) is 345 Å². The molecule has 0 radical (unpaired) electrons. The van der Waals surface area contributed by atoms with Gasteiger partial charge in [0.25, 0.3) is 0 Å². The van der Waals surface area contributed by atoms with Crippen LogP contribution < -0.4 is 53.7 Å². The third-order valence-electron chi connectivity index (χ3n) is 10.7. The zero-order valence-electron chi connectivity index (χ0n) is 36.8. The quantitative estimate of drug-likeness (QED) is 0.0188. The molecule has 23 heteroatoms. The fourth-order valence-electron chi connectivity index (χ4n) is 7.41. The largest absolute Gasteiger partial charge is 0.481 e. The van der Waals surface area contributed by atoms with Gasteiger partial charge in [0.1, 0.15) is 18.1 Å². The van der Waals surface area contributed by atoms with Crippen molar-refractivity contribution in [2.45, 2.75) is 126 Å². The van der Waals surface area contributed by atoms with Crippen LogP contribution in [0.3, 0.4) is 0 Å². The Bertz CT molecular complexity index is 1820. The molecule has 0 aliphatic carbocycles. The number of carboxylic acid groups (broad SMARTS) is 1. The van der Waals surface area contributed by atoms with Gasteiger partial charge in [-0.2, -0.15) is 11.8 Å². The van der Waals surface area contributed by atoms with E-state index in [0.29, 0.717) is 43.0 Å². The van der Waals surface area contributed by atoms with Crippen LogP contribution in [0.2, 0.25) is 0 Å². The number of unbranched alkanes of at least 4 members (excludes halogenated alkanes) is 2. The van der Waals surface area contributed by atoms with Gasteiger partial charge in [-0.3, -0.25) is 48.4 Å². The van der Waals surface area contributed by atoms with E-state index in [-0.39, 0.29) is 62.0 Å². The number of carbonyl (C=O) groups is 10. The maximum atomic E-state index is 13.7. The number of amides is 10. The van der Waals surface area contributed by atoms with Gasteiger partial charge in [0.2, 0.25) is 47.3 Å². The third kappa shape index (κ3) is 20.2. The molecule has 10 amide bonds. The van der Waals surface area contributed by atoms with Gasteiger partial charge in [0.15, 0.2) is 0 Å². The summed E-state index contributed by atoms with van der Waals surface area (Å²) in [5.41, 5.74) is 7.61. The predicted octanol–water partition coefficient (Wildman–Crippen LogP) is -1.16. The molecule has 360 valence electrons. The van der Waals surface area contributed by atoms with Crippen molar-refractivity contribution in [2.24, 2.45) is 17.6 Å². The van der Waals surface area contributed by atoms with Crippen LogP contribution in [0.4, 0.5) is 4.79 Å². The molecule has 0 bridgehead atoms. The van der Waals surface area contributed by atoms with Gasteiger partial charge in [-0.05, 0) is 56.4 Å². The highest BCUT2D eigenvalue weighted by atomic mass is 32.2. The molecule has 1 aromatic rings. The lowest BCUT2D eigenvalue weighted by molar-refractivity contribution is -0.138. The normalized spacial score (nSPS) is 18.0. The van der Waals surface area contributed by atoms with E-state index in [1.807, 2.05) is 25.6 Å². The maximum absolute atomic E-state index is 13.7. The number of carbonyl (C=O) groups excluding carboxylic acids is 9. The molecule has 2 aliphatic heterocycles. The average molecular weight is 933 g/mol. The van der Waals surface area contributed by atoms with Crippen LogP contribution in [0, 0.1) is 11.8 Å². The minimum Gasteiger partial charge on any atom is -0.481 e. The summed E-state index contributed by atoms with van der Waals surface area (Å²) >= 11 is 1.82. The SMILES string of the molecule is CC(C)CC(CC(=O)NO)C(=O)N[C@@H](Cc1ccccc1)C(=O)N[C@@H](CCC(=O)O)C(=O)NCC(=O)NCC(=O)N[C@@H](CCCCNC(=O)CCCC[C@@H]1SC[C@@H]2NC(=O)N[C@@H]21)C(N)=O. The molecule has 2 saturated heterocycles. The maximum Gasteiger partial charge on any atom is 0.315 e. The molecule has 1 unspecified atom stereocenters. The molecule has 1 aromatic carbocycles. The minimum absolute atomic E-state index is 0.0369. The zero-order valence-corrected chi connectivity index (χ0v) is 37.6. The molecule has 0 aromatic heterocycles. The van der Waals surface area contributed by atoms with Crippen molar-refractivity contribution in [1.29, 1.82) is 0 Å². The van der Waals surface area contributed by atoms with Gasteiger partial charge in [-0.25, -0.2) is 10.3 Å². The van der Waals surface area contributed by atoms with Crippen LogP contribution >= 0.6 is 11.8 Å². The van der Waals surface area contributed by atoms with Crippen molar-refractivity contribution >= 4 is 71.0 Å². The summed E-state index contributed by atoms with van der Waals surface area (Å²) in [5.74, 6) is -7.07. The number of thioether (sulfide) groups is 1. The molecule has 2 fully saturated rings. The van der Waals surface area contributed by atoms with Gasteiger partial charge in [-0.1, -0.05) is 50.6 Å². The number of fused-ring (bicyclic) bond motifs is 1. The first kappa shape index (κ1) is 53.4. The molecule has 7 atom stereocenters. The van der Waals surface area contributed by atoms with E-state index in [2.05, 4.69) is 42.5 Å². The fraction of sp³-hybridized carbons (Fsp3) is 0.619. The summed E-state index contributed by atoms with van der Waals surface area (Å²) in [6.07, 6.45) is 2.84. The van der Waals surface area contributed by atoms with E-state index < -0.39 is 90.9 Å².